The van der Waals surface area contributed by atoms with Crippen LogP contribution in [-0.2, 0) is 4.79 Å². The van der Waals surface area contributed by atoms with Crippen LogP contribution in [-0.4, -0.2) is 53.1 Å². The third-order valence-corrected chi connectivity index (χ3v) is 4.55. The van der Waals surface area contributed by atoms with Crippen molar-refractivity contribution < 1.29 is 14.7 Å². The molecule has 1 rings (SSSR count). The Morgan fingerprint density at radius 3 is 2.43 bits per heavy atom. The minimum absolute atomic E-state index is 0.00462. The van der Waals surface area contributed by atoms with E-state index in [-0.39, 0.29) is 12.6 Å². The molecule has 2 unspecified atom stereocenters. The van der Waals surface area contributed by atoms with Crippen molar-refractivity contribution in [2.45, 2.75) is 47.0 Å². The number of carboxylic acid groups (broad SMARTS) is 1. The molecule has 0 aromatic rings. The van der Waals surface area contributed by atoms with Gasteiger partial charge in [-0.25, -0.2) is 4.79 Å². The topological polar surface area (TPSA) is 60.9 Å². The Labute approximate surface area is 128 Å². The number of likely N-dealkylation sites (tertiary alicyclic amines) is 1. The van der Waals surface area contributed by atoms with Crippen molar-refractivity contribution in [1.82, 2.24) is 9.80 Å². The molecule has 0 aromatic heterocycles. The van der Waals surface area contributed by atoms with E-state index in [1.54, 1.807) is 11.8 Å². The third kappa shape index (κ3) is 5.21. The fraction of sp³-hybridized carbons (Fsp3) is 0.875. The van der Waals surface area contributed by atoms with Crippen LogP contribution in [0, 0.1) is 17.8 Å². The first-order chi connectivity index (χ1) is 9.86. The molecule has 5 heteroatoms. The number of amides is 2. The maximum Gasteiger partial charge on any atom is 0.320 e. The van der Waals surface area contributed by atoms with Gasteiger partial charge in [0.15, 0.2) is 0 Å². The molecule has 1 aliphatic heterocycles. The summed E-state index contributed by atoms with van der Waals surface area (Å²) in [7, 11) is 0. The van der Waals surface area contributed by atoms with E-state index in [1.807, 2.05) is 11.8 Å². The first-order valence-electron chi connectivity index (χ1n) is 8.13. The molecule has 0 spiro atoms. The zero-order valence-electron chi connectivity index (χ0n) is 13.8. The Hall–Kier alpha value is -1.26. The lowest BCUT2D eigenvalue weighted by molar-refractivity contribution is -0.141. The number of aliphatic carboxylic acids is 1. The smallest absolute Gasteiger partial charge is 0.320 e. The summed E-state index contributed by atoms with van der Waals surface area (Å²) in [6.45, 7) is 10.5. The average Bonchev–Trinajstić information content (AvgIpc) is 2.69. The molecule has 0 aliphatic carbocycles. The van der Waals surface area contributed by atoms with Crippen molar-refractivity contribution in [3.05, 3.63) is 0 Å². The SMILES string of the molecule is CCN(CC(C)C(=O)O)C(=O)N1CCCC(C(C)C)CC1. The summed E-state index contributed by atoms with van der Waals surface area (Å²) in [5.41, 5.74) is 0. The maximum atomic E-state index is 12.6. The first-order valence-corrected chi connectivity index (χ1v) is 8.13. The highest BCUT2D eigenvalue weighted by atomic mass is 16.4. The van der Waals surface area contributed by atoms with Crippen LogP contribution in [0.1, 0.15) is 47.0 Å². The van der Waals surface area contributed by atoms with Crippen molar-refractivity contribution in [1.29, 1.82) is 0 Å². The molecule has 0 bridgehead atoms. The Morgan fingerprint density at radius 1 is 1.24 bits per heavy atom. The van der Waals surface area contributed by atoms with Gasteiger partial charge in [0.05, 0.1) is 5.92 Å². The standard InChI is InChI=1S/C16H30N2O3/c1-5-17(11-13(4)15(19)20)16(21)18-9-6-7-14(8-10-18)12(2)3/h12-14H,5-11H2,1-4H3,(H,19,20). The van der Waals surface area contributed by atoms with Gasteiger partial charge in [-0.05, 0) is 38.0 Å². The highest BCUT2D eigenvalue weighted by Gasteiger charge is 2.26. The van der Waals surface area contributed by atoms with Crippen molar-refractivity contribution in [2.24, 2.45) is 17.8 Å². The highest BCUT2D eigenvalue weighted by molar-refractivity contribution is 5.76. The Bertz CT molecular complexity index is 357. The van der Waals surface area contributed by atoms with Gasteiger partial charge in [0.2, 0.25) is 0 Å². The van der Waals surface area contributed by atoms with Crippen LogP contribution < -0.4 is 0 Å². The van der Waals surface area contributed by atoms with E-state index in [0.29, 0.717) is 18.4 Å². The van der Waals surface area contributed by atoms with Gasteiger partial charge in [-0.15, -0.1) is 0 Å². The summed E-state index contributed by atoms with van der Waals surface area (Å²) in [6.07, 6.45) is 3.27. The van der Waals surface area contributed by atoms with Crippen LogP contribution in [0.2, 0.25) is 0 Å². The number of hydrogen-bond donors (Lipinski definition) is 1. The van der Waals surface area contributed by atoms with Gasteiger partial charge in [0.25, 0.3) is 0 Å². The molecule has 5 nitrogen and oxygen atoms in total. The molecule has 1 N–H and O–H groups in total. The number of carboxylic acids is 1. The van der Waals surface area contributed by atoms with E-state index in [2.05, 4.69) is 13.8 Å². The van der Waals surface area contributed by atoms with Crippen LogP contribution in [0.15, 0.2) is 0 Å². The molecule has 1 fully saturated rings. The fourth-order valence-corrected chi connectivity index (χ4v) is 2.93. The lowest BCUT2D eigenvalue weighted by Crippen LogP contribution is -2.46. The van der Waals surface area contributed by atoms with Crippen LogP contribution in [0.3, 0.4) is 0 Å². The molecule has 2 atom stereocenters. The van der Waals surface area contributed by atoms with Gasteiger partial charge in [-0.2, -0.15) is 0 Å². The molecule has 0 saturated carbocycles. The quantitative estimate of drug-likeness (QED) is 0.849. The molecule has 2 amide bonds. The second-order valence-corrected chi connectivity index (χ2v) is 6.48. The molecule has 1 saturated heterocycles. The molecule has 21 heavy (non-hydrogen) atoms. The van der Waals surface area contributed by atoms with E-state index in [1.165, 1.54) is 6.42 Å². The lowest BCUT2D eigenvalue weighted by Gasteiger charge is -2.30. The summed E-state index contributed by atoms with van der Waals surface area (Å²) < 4.78 is 0. The summed E-state index contributed by atoms with van der Waals surface area (Å²) in [5, 5.41) is 9.01. The molecular weight excluding hydrogens is 268 g/mol. The molecule has 1 aliphatic rings. The first kappa shape index (κ1) is 17.8. The van der Waals surface area contributed by atoms with Crippen LogP contribution in [0.5, 0.6) is 0 Å². The highest BCUT2D eigenvalue weighted by Crippen LogP contribution is 2.25. The second-order valence-electron chi connectivity index (χ2n) is 6.48. The summed E-state index contributed by atoms with van der Waals surface area (Å²) in [5.74, 6) is -0.0218. The summed E-state index contributed by atoms with van der Waals surface area (Å²) >= 11 is 0. The van der Waals surface area contributed by atoms with Gasteiger partial charge < -0.3 is 14.9 Å². The number of carbonyl (C=O) groups excluding carboxylic acids is 1. The van der Waals surface area contributed by atoms with Gasteiger partial charge in [-0.1, -0.05) is 20.8 Å². The van der Waals surface area contributed by atoms with Crippen molar-refractivity contribution in [2.75, 3.05) is 26.2 Å². The normalized spacial score (nSPS) is 21.0. The Morgan fingerprint density at radius 2 is 1.90 bits per heavy atom. The fourth-order valence-electron chi connectivity index (χ4n) is 2.93. The van der Waals surface area contributed by atoms with Crippen LogP contribution in [0.25, 0.3) is 0 Å². The van der Waals surface area contributed by atoms with E-state index in [9.17, 15) is 9.59 Å². The summed E-state index contributed by atoms with van der Waals surface area (Å²) in [6, 6.07) is -0.00462. The Kier molecular flexibility index (Phi) is 6.99. The molecule has 0 aromatic carbocycles. The predicted molar refractivity (Wildman–Crippen MR) is 83.2 cm³/mol. The van der Waals surface area contributed by atoms with Gasteiger partial charge in [-0.3, -0.25) is 4.79 Å². The van der Waals surface area contributed by atoms with Crippen LogP contribution in [0.4, 0.5) is 4.79 Å². The van der Waals surface area contributed by atoms with Crippen molar-refractivity contribution in [3.8, 4) is 0 Å². The van der Waals surface area contributed by atoms with E-state index in [4.69, 9.17) is 5.11 Å². The molecule has 122 valence electrons. The van der Waals surface area contributed by atoms with Crippen LogP contribution >= 0.6 is 0 Å². The molecular formula is C16H30N2O3. The number of rotatable bonds is 5. The van der Waals surface area contributed by atoms with Gasteiger partial charge >= 0.3 is 12.0 Å². The summed E-state index contributed by atoms with van der Waals surface area (Å²) in [4.78, 5) is 27.1. The predicted octanol–water partition coefficient (Wildman–Crippen LogP) is 2.91. The Balaban J connectivity index is 2.61. The molecule has 0 radical (unpaired) electrons. The minimum Gasteiger partial charge on any atom is -0.481 e. The van der Waals surface area contributed by atoms with E-state index in [0.717, 1.165) is 25.9 Å². The number of hydrogen-bond acceptors (Lipinski definition) is 2. The van der Waals surface area contributed by atoms with Gasteiger partial charge in [0.1, 0.15) is 0 Å². The van der Waals surface area contributed by atoms with Crippen molar-refractivity contribution >= 4 is 12.0 Å². The third-order valence-electron chi connectivity index (χ3n) is 4.55. The van der Waals surface area contributed by atoms with E-state index < -0.39 is 11.9 Å². The lowest BCUT2D eigenvalue weighted by atomic mass is 9.89. The maximum absolute atomic E-state index is 12.6. The zero-order chi connectivity index (χ0) is 16.0. The van der Waals surface area contributed by atoms with Gasteiger partial charge in [0, 0.05) is 26.2 Å². The number of urea groups is 1. The monoisotopic (exact) mass is 298 g/mol. The number of nitrogens with zero attached hydrogens (tertiary/aromatic N) is 2. The second kappa shape index (κ2) is 8.25. The average molecular weight is 298 g/mol. The molecule has 1 heterocycles. The van der Waals surface area contributed by atoms with E-state index >= 15 is 0 Å². The largest absolute Gasteiger partial charge is 0.481 e. The van der Waals surface area contributed by atoms with Crippen molar-refractivity contribution in [3.63, 3.8) is 0 Å². The zero-order valence-corrected chi connectivity index (χ0v) is 13.8. The number of carbonyl (C=O) groups is 2. The minimum atomic E-state index is -0.850.